The van der Waals surface area contributed by atoms with Gasteiger partial charge in [0.05, 0.1) is 13.2 Å². The number of methoxy groups -OCH3 is 1. The fraction of sp³-hybridized carbons (Fsp3) is 0.200. The number of ether oxygens (including phenoxy) is 2. The molecule has 0 saturated heterocycles. The summed E-state index contributed by atoms with van der Waals surface area (Å²) in [7, 11) is 1.58. The maximum Gasteiger partial charge on any atom is 0.247 e. The summed E-state index contributed by atoms with van der Waals surface area (Å²) in [6, 6.07) is 22.7. The maximum absolute atomic E-state index is 13.5. The van der Waals surface area contributed by atoms with Crippen LogP contribution in [0, 0.1) is 0 Å². The van der Waals surface area contributed by atoms with Crippen molar-refractivity contribution in [3.63, 3.8) is 0 Å². The third-order valence-electron chi connectivity index (χ3n) is 5.60. The zero-order valence-electron chi connectivity index (χ0n) is 20.9. The Balaban J connectivity index is 1.87. The molecule has 0 saturated carbocycles. The Hall–Kier alpha value is -4.32. The molecule has 6 nitrogen and oxygen atoms in total. The molecule has 0 aliphatic heterocycles. The van der Waals surface area contributed by atoms with Crippen molar-refractivity contribution in [3.05, 3.63) is 108 Å². The second-order valence-corrected chi connectivity index (χ2v) is 8.28. The van der Waals surface area contributed by atoms with Gasteiger partial charge in [0.1, 0.15) is 6.61 Å². The van der Waals surface area contributed by atoms with Crippen LogP contribution in [0.15, 0.2) is 91.5 Å². The Labute approximate surface area is 212 Å². The van der Waals surface area contributed by atoms with Gasteiger partial charge in [-0.05, 0) is 54.0 Å². The van der Waals surface area contributed by atoms with Crippen molar-refractivity contribution >= 4 is 23.6 Å². The first kappa shape index (κ1) is 26.3. The number of rotatable bonds is 11. The predicted octanol–water partition coefficient (Wildman–Crippen LogP) is 6.02. The maximum atomic E-state index is 13.5. The lowest BCUT2D eigenvalue weighted by atomic mass is 10.0. The van der Waals surface area contributed by atoms with E-state index in [-0.39, 0.29) is 17.9 Å². The Morgan fingerprint density at radius 3 is 2.50 bits per heavy atom. The summed E-state index contributed by atoms with van der Waals surface area (Å²) in [6.07, 6.45) is 5.00. The van der Waals surface area contributed by atoms with E-state index < -0.39 is 0 Å². The summed E-state index contributed by atoms with van der Waals surface area (Å²) >= 11 is 0. The lowest BCUT2D eigenvalue weighted by Crippen LogP contribution is -2.31. The number of hydrogen-bond acceptors (Lipinski definition) is 4. The van der Waals surface area contributed by atoms with E-state index in [9.17, 15) is 9.59 Å². The van der Waals surface area contributed by atoms with Crippen LogP contribution in [0.5, 0.6) is 11.5 Å². The number of nitrogens with one attached hydrogen (secondary N) is 1. The smallest absolute Gasteiger partial charge is 0.247 e. The first-order valence-electron chi connectivity index (χ1n) is 11.7. The second kappa shape index (κ2) is 13.0. The fourth-order valence-electron chi connectivity index (χ4n) is 3.76. The molecule has 3 aromatic carbocycles. The lowest BCUT2D eigenvalue weighted by Gasteiger charge is -2.29. The highest BCUT2D eigenvalue weighted by molar-refractivity contribution is 5.92. The molecular formula is C30H32N2O4. The summed E-state index contributed by atoms with van der Waals surface area (Å²) in [4.78, 5) is 26.8. The van der Waals surface area contributed by atoms with Crippen molar-refractivity contribution in [3.8, 4) is 11.5 Å². The van der Waals surface area contributed by atoms with Crippen LogP contribution in [0.2, 0.25) is 0 Å². The molecular weight excluding hydrogens is 452 g/mol. The van der Waals surface area contributed by atoms with Crippen molar-refractivity contribution in [2.75, 3.05) is 19.0 Å². The molecule has 6 heteroatoms. The third-order valence-corrected chi connectivity index (χ3v) is 5.60. The molecule has 1 unspecified atom stereocenters. The van der Waals surface area contributed by atoms with Gasteiger partial charge in [0.2, 0.25) is 11.8 Å². The first-order chi connectivity index (χ1) is 17.4. The average molecular weight is 485 g/mol. The van der Waals surface area contributed by atoms with E-state index in [0.29, 0.717) is 30.3 Å². The first-order valence-corrected chi connectivity index (χ1v) is 11.7. The topological polar surface area (TPSA) is 67.9 Å². The van der Waals surface area contributed by atoms with E-state index in [1.165, 1.54) is 6.92 Å². The minimum Gasteiger partial charge on any atom is -0.493 e. The third kappa shape index (κ3) is 7.34. The van der Waals surface area contributed by atoms with Crippen LogP contribution in [0.4, 0.5) is 5.69 Å². The van der Waals surface area contributed by atoms with Gasteiger partial charge in [-0.2, -0.15) is 0 Å². The molecule has 0 aromatic heterocycles. The number of hydrogen-bond donors (Lipinski definition) is 1. The molecule has 0 spiro atoms. The number of nitrogens with zero attached hydrogens (tertiary/aromatic N) is 1. The van der Waals surface area contributed by atoms with Crippen LogP contribution < -0.4 is 14.8 Å². The van der Waals surface area contributed by atoms with E-state index in [0.717, 1.165) is 16.7 Å². The number of amides is 2. The second-order valence-electron chi connectivity index (χ2n) is 8.28. The summed E-state index contributed by atoms with van der Waals surface area (Å²) < 4.78 is 11.0. The van der Waals surface area contributed by atoms with Crippen molar-refractivity contribution in [2.45, 2.75) is 26.4 Å². The van der Waals surface area contributed by atoms with Crippen molar-refractivity contribution in [1.82, 2.24) is 4.90 Å². The SMILES string of the molecule is C=CCOc1ccc(/C=C/C(=O)N(Cc2ccccc2)C(C)c2cccc(NC(C)=O)c2)cc1OC. The van der Waals surface area contributed by atoms with Gasteiger partial charge >= 0.3 is 0 Å². The van der Waals surface area contributed by atoms with Crippen LogP contribution in [0.1, 0.15) is 36.6 Å². The van der Waals surface area contributed by atoms with E-state index in [1.54, 1.807) is 30.2 Å². The van der Waals surface area contributed by atoms with Gasteiger partial charge in [0.15, 0.2) is 11.5 Å². The van der Waals surface area contributed by atoms with E-state index in [4.69, 9.17) is 9.47 Å². The van der Waals surface area contributed by atoms with Gasteiger partial charge in [0.25, 0.3) is 0 Å². The number of anilines is 1. The standard InChI is InChI=1S/C30H32N2O4/c1-5-18-36-28-16-14-24(19-29(28)35-4)15-17-30(34)32(21-25-10-7-6-8-11-25)22(2)26-12-9-13-27(20-26)31-23(3)33/h5-17,19-20,22H,1,18,21H2,2-4H3,(H,31,33)/b17-15+. The minimum absolute atomic E-state index is 0.137. The van der Waals surface area contributed by atoms with E-state index in [1.807, 2.05) is 79.7 Å². The molecule has 0 bridgehead atoms. The largest absolute Gasteiger partial charge is 0.493 e. The van der Waals surface area contributed by atoms with Crippen molar-refractivity contribution in [1.29, 1.82) is 0 Å². The van der Waals surface area contributed by atoms with E-state index in [2.05, 4.69) is 11.9 Å². The van der Waals surface area contributed by atoms with Crippen molar-refractivity contribution in [2.24, 2.45) is 0 Å². The number of benzene rings is 3. The van der Waals surface area contributed by atoms with Gasteiger partial charge in [-0.25, -0.2) is 0 Å². The van der Waals surface area contributed by atoms with Gasteiger partial charge in [-0.1, -0.05) is 61.2 Å². The predicted molar refractivity (Wildman–Crippen MR) is 144 cm³/mol. The zero-order chi connectivity index (χ0) is 25.9. The molecule has 0 aliphatic carbocycles. The Bertz CT molecular complexity index is 1220. The molecule has 0 radical (unpaired) electrons. The Kier molecular flexibility index (Phi) is 9.46. The van der Waals surface area contributed by atoms with Gasteiger partial charge in [-0.3, -0.25) is 9.59 Å². The van der Waals surface area contributed by atoms with Gasteiger partial charge in [0, 0.05) is 25.2 Å². The molecule has 2 amide bonds. The normalized spacial score (nSPS) is 11.5. The highest BCUT2D eigenvalue weighted by atomic mass is 16.5. The van der Waals surface area contributed by atoms with Crippen LogP contribution in [-0.2, 0) is 16.1 Å². The molecule has 3 aromatic rings. The van der Waals surface area contributed by atoms with Crippen LogP contribution in [0.3, 0.4) is 0 Å². The van der Waals surface area contributed by atoms with Gasteiger partial charge < -0.3 is 19.7 Å². The summed E-state index contributed by atoms with van der Waals surface area (Å²) in [5, 5.41) is 2.81. The monoisotopic (exact) mass is 484 g/mol. The molecule has 0 fully saturated rings. The van der Waals surface area contributed by atoms with Crippen molar-refractivity contribution < 1.29 is 19.1 Å². The fourth-order valence-corrected chi connectivity index (χ4v) is 3.76. The summed E-state index contributed by atoms with van der Waals surface area (Å²) in [6.45, 7) is 7.93. The summed E-state index contributed by atoms with van der Waals surface area (Å²) in [5.41, 5.74) is 3.45. The van der Waals surface area contributed by atoms with Crippen LogP contribution in [-0.4, -0.2) is 30.4 Å². The Morgan fingerprint density at radius 2 is 1.81 bits per heavy atom. The molecule has 0 heterocycles. The zero-order valence-corrected chi connectivity index (χ0v) is 20.9. The Morgan fingerprint density at radius 1 is 1.03 bits per heavy atom. The van der Waals surface area contributed by atoms with Crippen LogP contribution in [0.25, 0.3) is 6.08 Å². The molecule has 186 valence electrons. The van der Waals surface area contributed by atoms with Crippen LogP contribution >= 0.6 is 0 Å². The number of carbonyl (C=O) groups is 2. The minimum atomic E-state index is -0.236. The number of carbonyl (C=O) groups excluding carboxylic acids is 2. The average Bonchev–Trinajstić information content (AvgIpc) is 2.89. The quantitative estimate of drug-likeness (QED) is 0.267. The highest BCUT2D eigenvalue weighted by Gasteiger charge is 2.21. The molecule has 1 N–H and O–H groups in total. The summed E-state index contributed by atoms with van der Waals surface area (Å²) in [5.74, 6) is 0.911. The molecule has 36 heavy (non-hydrogen) atoms. The molecule has 3 rings (SSSR count). The lowest BCUT2D eigenvalue weighted by molar-refractivity contribution is -0.128. The molecule has 1 atom stereocenters. The highest BCUT2D eigenvalue weighted by Crippen LogP contribution is 2.29. The molecule has 0 aliphatic rings. The van der Waals surface area contributed by atoms with Gasteiger partial charge in [-0.15, -0.1) is 0 Å². The van der Waals surface area contributed by atoms with E-state index >= 15 is 0 Å².